The second-order valence-electron chi connectivity index (χ2n) is 4.55. The molecule has 0 aliphatic rings. The Kier molecular flexibility index (Phi) is 4.52. The van der Waals surface area contributed by atoms with E-state index in [0.29, 0.717) is 13.0 Å². The van der Waals surface area contributed by atoms with Crippen molar-refractivity contribution in [1.29, 1.82) is 0 Å². The highest BCUT2D eigenvalue weighted by molar-refractivity contribution is 5.72. The van der Waals surface area contributed by atoms with Gasteiger partial charge in [0.2, 0.25) is 0 Å². The Bertz CT molecular complexity index is 550. The highest BCUT2D eigenvalue weighted by Crippen LogP contribution is 2.14. The summed E-state index contributed by atoms with van der Waals surface area (Å²) in [6.07, 6.45) is 2.92. The topological polar surface area (TPSA) is 75.4 Å². The molecule has 2 aromatic rings. The van der Waals surface area contributed by atoms with E-state index in [2.05, 4.69) is 10.3 Å². The lowest BCUT2D eigenvalue weighted by Gasteiger charge is -2.10. The Hall–Kier alpha value is -1.88. The van der Waals surface area contributed by atoms with E-state index in [4.69, 9.17) is 9.52 Å². The molecule has 0 radical (unpaired) electrons. The van der Waals surface area contributed by atoms with Crippen molar-refractivity contribution in [3.63, 3.8) is 0 Å². The summed E-state index contributed by atoms with van der Waals surface area (Å²) in [6.45, 7) is 3.15. The Labute approximate surface area is 111 Å². The zero-order valence-electron chi connectivity index (χ0n) is 10.9. The van der Waals surface area contributed by atoms with Gasteiger partial charge in [-0.15, -0.1) is 0 Å². The molecule has 102 valence electrons. The number of rotatable bonds is 7. The number of aliphatic carboxylic acids is 1. The van der Waals surface area contributed by atoms with Gasteiger partial charge in [-0.25, -0.2) is 4.98 Å². The molecule has 1 unspecified atom stereocenters. The number of hydrogen-bond donors (Lipinski definition) is 2. The van der Waals surface area contributed by atoms with Gasteiger partial charge in [-0.05, 0) is 37.1 Å². The lowest BCUT2D eigenvalue weighted by Crippen LogP contribution is -2.29. The Morgan fingerprint density at radius 1 is 1.53 bits per heavy atom. The van der Waals surface area contributed by atoms with Crippen molar-refractivity contribution in [3.05, 3.63) is 30.2 Å². The van der Waals surface area contributed by atoms with Crippen molar-refractivity contribution in [2.24, 2.45) is 5.92 Å². The molecule has 0 aliphatic heterocycles. The minimum absolute atomic E-state index is 0.309. The molecule has 19 heavy (non-hydrogen) atoms. The van der Waals surface area contributed by atoms with Crippen molar-refractivity contribution < 1.29 is 14.3 Å². The number of carboxylic acid groups (broad SMARTS) is 1. The highest BCUT2D eigenvalue weighted by atomic mass is 16.4. The largest absolute Gasteiger partial charge is 0.481 e. The molecule has 1 heterocycles. The van der Waals surface area contributed by atoms with Gasteiger partial charge in [0.1, 0.15) is 5.52 Å². The maximum Gasteiger partial charge on any atom is 0.307 e. The van der Waals surface area contributed by atoms with Crippen LogP contribution in [0.15, 0.2) is 29.0 Å². The van der Waals surface area contributed by atoms with E-state index in [1.54, 1.807) is 0 Å². The molecule has 0 aliphatic carbocycles. The molecule has 0 fully saturated rings. The zero-order chi connectivity index (χ0) is 13.7. The van der Waals surface area contributed by atoms with Crippen molar-refractivity contribution in [2.45, 2.75) is 19.8 Å². The smallest absolute Gasteiger partial charge is 0.307 e. The summed E-state index contributed by atoms with van der Waals surface area (Å²) in [4.78, 5) is 14.9. The van der Waals surface area contributed by atoms with E-state index in [1.807, 2.05) is 25.1 Å². The summed E-state index contributed by atoms with van der Waals surface area (Å²) in [5.41, 5.74) is 2.79. The fraction of sp³-hybridized carbons (Fsp3) is 0.429. The normalized spacial score (nSPS) is 12.7. The van der Waals surface area contributed by atoms with E-state index in [9.17, 15) is 4.79 Å². The standard InChI is InChI=1S/C14H18N2O3/c1-2-11(14(17)18)8-15-6-5-10-3-4-12-13(7-10)19-9-16-12/h3-4,7,9,11,15H,2,5-6,8H2,1H3,(H,17,18). The van der Waals surface area contributed by atoms with Crippen LogP contribution in [0.5, 0.6) is 0 Å². The molecule has 5 heteroatoms. The SMILES string of the molecule is CCC(CNCCc1ccc2ncoc2c1)C(=O)O. The first-order valence-corrected chi connectivity index (χ1v) is 6.46. The summed E-state index contributed by atoms with van der Waals surface area (Å²) in [5.74, 6) is -1.05. The molecule has 1 aromatic carbocycles. The minimum atomic E-state index is -0.738. The summed E-state index contributed by atoms with van der Waals surface area (Å²) in [7, 11) is 0. The highest BCUT2D eigenvalue weighted by Gasteiger charge is 2.13. The number of carboxylic acids is 1. The van der Waals surface area contributed by atoms with Crippen LogP contribution in [0.2, 0.25) is 0 Å². The first-order chi connectivity index (χ1) is 9.20. The van der Waals surface area contributed by atoms with E-state index in [1.165, 1.54) is 6.39 Å². The lowest BCUT2D eigenvalue weighted by atomic mass is 10.1. The van der Waals surface area contributed by atoms with E-state index < -0.39 is 5.97 Å². The van der Waals surface area contributed by atoms with Gasteiger partial charge in [0.05, 0.1) is 5.92 Å². The van der Waals surface area contributed by atoms with Crippen molar-refractivity contribution in [1.82, 2.24) is 10.3 Å². The van der Waals surface area contributed by atoms with Crippen LogP contribution >= 0.6 is 0 Å². The third-order valence-electron chi connectivity index (χ3n) is 3.22. The Morgan fingerprint density at radius 3 is 3.11 bits per heavy atom. The van der Waals surface area contributed by atoms with Crippen molar-refractivity contribution in [3.8, 4) is 0 Å². The number of hydrogen-bond acceptors (Lipinski definition) is 4. The maximum atomic E-state index is 10.9. The van der Waals surface area contributed by atoms with Crippen LogP contribution in [0.1, 0.15) is 18.9 Å². The number of aromatic nitrogens is 1. The average Bonchev–Trinajstić information content (AvgIpc) is 2.85. The molecule has 0 amide bonds. The number of nitrogens with zero attached hydrogens (tertiary/aromatic N) is 1. The van der Waals surface area contributed by atoms with Gasteiger partial charge in [-0.3, -0.25) is 4.79 Å². The second kappa shape index (κ2) is 6.33. The fourth-order valence-electron chi connectivity index (χ4n) is 1.97. The van der Waals surface area contributed by atoms with Crippen molar-refractivity contribution >= 4 is 17.1 Å². The molecule has 1 aromatic heterocycles. The van der Waals surface area contributed by atoms with Crippen LogP contribution in [0.25, 0.3) is 11.1 Å². The van der Waals surface area contributed by atoms with Crippen LogP contribution in [-0.4, -0.2) is 29.1 Å². The first kappa shape index (κ1) is 13.5. The molecular weight excluding hydrogens is 244 g/mol. The van der Waals surface area contributed by atoms with Crippen LogP contribution in [0.4, 0.5) is 0 Å². The Balaban J connectivity index is 1.80. The lowest BCUT2D eigenvalue weighted by molar-refractivity contribution is -0.141. The van der Waals surface area contributed by atoms with Crippen LogP contribution in [-0.2, 0) is 11.2 Å². The maximum absolute atomic E-state index is 10.9. The average molecular weight is 262 g/mol. The minimum Gasteiger partial charge on any atom is -0.481 e. The molecular formula is C14H18N2O3. The number of oxazole rings is 1. The van der Waals surface area contributed by atoms with Gasteiger partial charge in [0.15, 0.2) is 12.0 Å². The number of carbonyl (C=O) groups is 1. The molecule has 2 rings (SSSR count). The third kappa shape index (κ3) is 3.54. The predicted octanol–water partition coefficient (Wildman–Crippen LogP) is 2.07. The van der Waals surface area contributed by atoms with Crippen LogP contribution in [0.3, 0.4) is 0 Å². The van der Waals surface area contributed by atoms with E-state index in [-0.39, 0.29) is 5.92 Å². The fourth-order valence-corrected chi connectivity index (χ4v) is 1.97. The first-order valence-electron chi connectivity index (χ1n) is 6.46. The summed E-state index contributed by atoms with van der Waals surface area (Å²) < 4.78 is 5.24. The summed E-state index contributed by atoms with van der Waals surface area (Å²) in [6, 6.07) is 5.92. The van der Waals surface area contributed by atoms with Gasteiger partial charge in [-0.2, -0.15) is 0 Å². The molecule has 1 atom stereocenters. The number of nitrogens with one attached hydrogen (secondary N) is 1. The van der Waals surface area contributed by atoms with Crippen LogP contribution < -0.4 is 5.32 Å². The third-order valence-corrected chi connectivity index (χ3v) is 3.22. The van der Waals surface area contributed by atoms with Gasteiger partial charge < -0.3 is 14.8 Å². The molecule has 0 saturated heterocycles. The number of benzene rings is 1. The van der Waals surface area contributed by atoms with E-state index >= 15 is 0 Å². The van der Waals surface area contributed by atoms with Gasteiger partial charge >= 0.3 is 5.97 Å². The van der Waals surface area contributed by atoms with Crippen LogP contribution in [0, 0.1) is 5.92 Å². The van der Waals surface area contributed by atoms with Gasteiger partial charge in [0.25, 0.3) is 0 Å². The zero-order valence-corrected chi connectivity index (χ0v) is 10.9. The molecule has 0 saturated carbocycles. The number of fused-ring (bicyclic) bond motifs is 1. The molecule has 5 nitrogen and oxygen atoms in total. The molecule has 0 bridgehead atoms. The second-order valence-corrected chi connectivity index (χ2v) is 4.55. The monoisotopic (exact) mass is 262 g/mol. The van der Waals surface area contributed by atoms with E-state index in [0.717, 1.165) is 29.6 Å². The van der Waals surface area contributed by atoms with Gasteiger partial charge in [0, 0.05) is 6.54 Å². The summed E-state index contributed by atoms with van der Waals surface area (Å²) in [5, 5.41) is 12.1. The van der Waals surface area contributed by atoms with Gasteiger partial charge in [-0.1, -0.05) is 13.0 Å². The predicted molar refractivity (Wildman–Crippen MR) is 72.0 cm³/mol. The quantitative estimate of drug-likeness (QED) is 0.747. The molecule has 0 spiro atoms. The Morgan fingerprint density at radius 2 is 2.37 bits per heavy atom. The summed E-state index contributed by atoms with van der Waals surface area (Å²) >= 11 is 0. The van der Waals surface area contributed by atoms with Crippen molar-refractivity contribution in [2.75, 3.05) is 13.1 Å². The molecule has 2 N–H and O–H groups in total.